The van der Waals surface area contributed by atoms with E-state index in [1.54, 1.807) is 0 Å². The van der Waals surface area contributed by atoms with E-state index in [4.69, 9.17) is 0 Å². The van der Waals surface area contributed by atoms with Crippen LogP contribution in [0.2, 0.25) is 0 Å². The maximum absolute atomic E-state index is 12.4. The van der Waals surface area contributed by atoms with E-state index in [2.05, 4.69) is 22.4 Å². The van der Waals surface area contributed by atoms with Gasteiger partial charge in [-0.25, -0.2) is 0 Å². The minimum absolute atomic E-state index is 0.0344. The zero-order chi connectivity index (χ0) is 13.2. The zero-order valence-electron chi connectivity index (χ0n) is 10.8. The number of likely N-dealkylation sites (tertiary alicyclic amines) is 1. The van der Waals surface area contributed by atoms with E-state index in [0.29, 0.717) is 0 Å². The molecule has 0 radical (unpaired) electrons. The van der Waals surface area contributed by atoms with Crippen molar-refractivity contribution < 1.29 is 4.79 Å². The summed E-state index contributed by atoms with van der Waals surface area (Å²) in [6, 6.07) is 9.99. The van der Waals surface area contributed by atoms with E-state index >= 15 is 0 Å². The van der Waals surface area contributed by atoms with Crippen LogP contribution in [-0.2, 0) is 11.2 Å². The SMILES string of the molecule is N#CC1CCCN1C1CCc2ccccc2NC1=O. The standard InChI is InChI=1S/C15H17N3O/c16-10-12-5-3-9-18(12)14-8-7-11-4-1-2-6-13(11)17-15(14)19/h1-2,4,6,12,14H,3,5,7-9H2,(H,17,19). The molecule has 2 heterocycles. The molecule has 1 fully saturated rings. The van der Waals surface area contributed by atoms with Gasteiger partial charge in [0.15, 0.2) is 0 Å². The van der Waals surface area contributed by atoms with Gasteiger partial charge < -0.3 is 5.32 Å². The molecule has 1 N–H and O–H groups in total. The fraction of sp³-hybridized carbons (Fsp3) is 0.467. The summed E-state index contributed by atoms with van der Waals surface area (Å²) in [4.78, 5) is 14.4. The summed E-state index contributed by atoms with van der Waals surface area (Å²) >= 11 is 0. The van der Waals surface area contributed by atoms with Crippen LogP contribution in [0.5, 0.6) is 0 Å². The minimum atomic E-state index is -0.167. The van der Waals surface area contributed by atoms with Gasteiger partial charge in [0, 0.05) is 12.2 Å². The van der Waals surface area contributed by atoms with Crippen LogP contribution in [0.15, 0.2) is 24.3 Å². The number of carbonyl (C=O) groups excluding carboxylic acids is 1. The lowest BCUT2D eigenvalue weighted by atomic mass is 10.0. The molecule has 0 spiro atoms. The number of nitrogens with one attached hydrogen (secondary N) is 1. The van der Waals surface area contributed by atoms with E-state index in [1.807, 2.05) is 18.2 Å². The van der Waals surface area contributed by atoms with Gasteiger partial charge in [-0.2, -0.15) is 5.26 Å². The lowest BCUT2D eigenvalue weighted by Gasteiger charge is -2.27. The fourth-order valence-electron chi connectivity index (χ4n) is 3.12. The molecular formula is C15H17N3O. The summed E-state index contributed by atoms with van der Waals surface area (Å²) in [5, 5.41) is 12.2. The number of hydrogen-bond donors (Lipinski definition) is 1. The van der Waals surface area contributed by atoms with Crippen LogP contribution in [0, 0.1) is 11.3 Å². The predicted molar refractivity (Wildman–Crippen MR) is 72.5 cm³/mol. The molecule has 4 nitrogen and oxygen atoms in total. The molecule has 0 aromatic heterocycles. The molecule has 1 aromatic carbocycles. The minimum Gasteiger partial charge on any atom is -0.324 e. The number of nitrogens with zero attached hydrogens (tertiary/aromatic N) is 2. The molecule has 2 aliphatic heterocycles. The topological polar surface area (TPSA) is 56.1 Å². The van der Waals surface area contributed by atoms with Crippen LogP contribution in [-0.4, -0.2) is 29.4 Å². The van der Waals surface area contributed by atoms with E-state index in [1.165, 1.54) is 5.56 Å². The van der Waals surface area contributed by atoms with Gasteiger partial charge in [-0.05, 0) is 37.3 Å². The van der Waals surface area contributed by atoms with Crippen LogP contribution in [0.25, 0.3) is 0 Å². The van der Waals surface area contributed by atoms with E-state index in [-0.39, 0.29) is 18.0 Å². The summed E-state index contributed by atoms with van der Waals surface area (Å²) in [6.07, 6.45) is 3.57. The largest absolute Gasteiger partial charge is 0.324 e. The first-order valence-electron chi connectivity index (χ1n) is 6.84. The molecule has 0 aliphatic carbocycles. The summed E-state index contributed by atoms with van der Waals surface area (Å²) in [6.45, 7) is 0.854. The lowest BCUT2D eigenvalue weighted by molar-refractivity contribution is -0.121. The third-order valence-corrected chi connectivity index (χ3v) is 4.11. The van der Waals surface area contributed by atoms with Gasteiger partial charge in [0.2, 0.25) is 5.91 Å². The van der Waals surface area contributed by atoms with Gasteiger partial charge in [0.05, 0.1) is 18.2 Å². The quantitative estimate of drug-likeness (QED) is 0.834. The lowest BCUT2D eigenvalue weighted by Crippen LogP contribution is -2.45. The van der Waals surface area contributed by atoms with Gasteiger partial charge in [-0.1, -0.05) is 18.2 Å². The summed E-state index contributed by atoms with van der Waals surface area (Å²) < 4.78 is 0. The molecule has 0 saturated carbocycles. The first-order chi connectivity index (χ1) is 9.29. The number of nitriles is 1. The number of aryl methyl sites for hydroxylation is 1. The monoisotopic (exact) mass is 255 g/mol. The van der Waals surface area contributed by atoms with Gasteiger partial charge in [-0.15, -0.1) is 0 Å². The predicted octanol–water partition coefficient (Wildman–Crippen LogP) is 1.93. The highest BCUT2D eigenvalue weighted by molar-refractivity contribution is 5.96. The smallest absolute Gasteiger partial charge is 0.241 e. The summed E-state index contributed by atoms with van der Waals surface area (Å²) in [7, 11) is 0. The molecular weight excluding hydrogens is 238 g/mol. The highest BCUT2D eigenvalue weighted by atomic mass is 16.2. The van der Waals surface area contributed by atoms with Gasteiger partial charge in [0.1, 0.15) is 0 Å². The van der Waals surface area contributed by atoms with Crippen molar-refractivity contribution in [1.82, 2.24) is 4.90 Å². The highest BCUT2D eigenvalue weighted by Crippen LogP contribution is 2.27. The van der Waals surface area contributed by atoms with Crippen LogP contribution >= 0.6 is 0 Å². The third-order valence-electron chi connectivity index (χ3n) is 4.11. The second-order valence-electron chi connectivity index (χ2n) is 5.23. The highest BCUT2D eigenvalue weighted by Gasteiger charge is 2.35. The molecule has 2 unspecified atom stereocenters. The Labute approximate surface area is 113 Å². The zero-order valence-corrected chi connectivity index (χ0v) is 10.8. The van der Waals surface area contributed by atoms with Gasteiger partial charge >= 0.3 is 0 Å². The number of carbonyl (C=O) groups is 1. The Balaban J connectivity index is 1.83. The van der Waals surface area contributed by atoms with Crippen molar-refractivity contribution in [3.05, 3.63) is 29.8 Å². The van der Waals surface area contributed by atoms with E-state index in [0.717, 1.165) is 37.9 Å². The van der Waals surface area contributed by atoms with Crippen molar-refractivity contribution in [2.24, 2.45) is 0 Å². The van der Waals surface area contributed by atoms with Crippen molar-refractivity contribution in [2.45, 2.75) is 37.8 Å². The molecule has 1 amide bonds. The van der Waals surface area contributed by atoms with Gasteiger partial charge in [-0.3, -0.25) is 9.69 Å². The van der Waals surface area contributed by atoms with Gasteiger partial charge in [0.25, 0.3) is 0 Å². The van der Waals surface area contributed by atoms with E-state index in [9.17, 15) is 10.1 Å². The van der Waals surface area contributed by atoms with Crippen molar-refractivity contribution in [1.29, 1.82) is 5.26 Å². The fourth-order valence-corrected chi connectivity index (χ4v) is 3.12. The van der Waals surface area contributed by atoms with Crippen molar-refractivity contribution in [3.63, 3.8) is 0 Å². The number of para-hydroxylation sites is 1. The number of rotatable bonds is 1. The Hall–Kier alpha value is -1.86. The molecule has 3 rings (SSSR count). The number of amides is 1. The number of anilines is 1. The number of benzene rings is 1. The molecule has 4 heteroatoms. The van der Waals surface area contributed by atoms with Crippen LogP contribution in [0.1, 0.15) is 24.8 Å². The molecule has 2 aliphatic rings. The average molecular weight is 255 g/mol. The number of hydrogen-bond acceptors (Lipinski definition) is 3. The summed E-state index contributed by atoms with van der Waals surface area (Å²) in [5.41, 5.74) is 2.11. The van der Waals surface area contributed by atoms with Crippen molar-refractivity contribution in [3.8, 4) is 6.07 Å². The Morgan fingerprint density at radius 1 is 1.32 bits per heavy atom. The van der Waals surface area contributed by atoms with Crippen molar-refractivity contribution in [2.75, 3.05) is 11.9 Å². The Morgan fingerprint density at radius 2 is 2.16 bits per heavy atom. The maximum atomic E-state index is 12.4. The van der Waals surface area contributed by atoms with Crippen LogP contribution in [0.3, 0.4) is 0 Å². The van der Waals surface area contributed by atoms with Crippen molar-refractivity contribution >= 4 is 11.6 Å². The molecule has 1 saturated heterocycles. The average Bonchev–Trinajstić information content (AvgIpc) is 2.82. The molecule has 2 atom stereocenters. The summed E-state index contributed by atoms with van der Waals surface area (Å²) in [5.74, 6) is 0.0344. The Bertz CT molecular complexity index is 534. The normalized spacial score (nSPS) is 27.2. The first-order valence-corrected chi connectivity index (χ1v) is 6.84. The molecule has 1 aromatic rings. The third kappa shape index (κ3) is 2.22. The van der Waals surface area contributed by atoms with Crippen LogP contribution in [0.4, 0.5) is 5.69 Å². The Morgan fingerprint density at radius 3 is 3.00 bits per heavy atom. The number of fused-ring (bicyclic) bond motifs is 1. The first kappa shape index (κ1) is 12.2. The molecule has 19 heavy (non-hydrogen) atoms. The second-order valence-corrected chi connectivity index (χ2v) is 5.23. The molecule has 98 valence electrons. The van der Waals surface area contributed by atoms with Crippen LogP contribution < -0.4 is 5.32 Å². The molecule has 0 bridgehead atoms. The van der Waals surface area contributed by atoms with E-state index < -0.39 is 0 Å². The maximum Gasteiger partial charge on any atom is 0.241 e. The Kier molecular flexibility index (Phi) is 3.22. The second kappa shape index (κ2) is 5.02.